The van der Waals surface area contributed by atoms with Crippen molar-refractivity contribution in [2.24, 2.45) is 0 Å². The fourth-order valence-electron chi connectivity index (χ4n) is 4.21. The fourth-order valence-corrected chi connectivity index (χ4v) is 4.21. The maximum atomic E-state index is 13.4. The summed E-state index contributed by atoms with van der Waals surface area (Å²) >= 11 is 0. The molecule has 0 fully saturated rings. The van der Waals surface area contributed by atoms with Gasteiger partial charge in [-0.2, -0.15) is 0 Å². The maximum Gasteiger partial charge on any atom is 0.318 e. The first-order chi connectivity index (χ1) is 15.2. The van der Waals surface area contributed by atoms with Gasteiger partial charge in [-0.1, -0.05) is 60.7 Å². The van der Waals surface area contributed by atoms with Gasteiger partial charge in [0, 0.05) is 18.4 Å². The zero-order valence-corrected chi connectivity index (χ0v) is 16.9. The number of aromatic nitrogens is 1. The number of fused-ring (bicyclic) bond motifs is 3. The molecule has 1 N–H and O–H groups in total. The predicted molar refractivity (Wildman–Crippen MR) is 118 cm³/mol. The molecule has 31 heavy (non-hydrogen) atoms. The average molecular weight is 411 g/mol. The van der Waals surface area contributed by atoms with E-state index in [4.69, 9.17) is 0 Å². The normalized spacial score (nSPS) is 15.0. The van der Waals surface area contributed by atoms with Crippen LogP contribution >= 0.6 is 0 Å². The summed E-state index contributed by atoms with van der Waals surface area (Å²) in [4.78, 5) is 15.3. The Kier molecular flexibility index (Phi) is 5.00. The number of carbonyl (C=O) groups is 1. The Bertz CT molecular complexity index is 1200. The lowest BCUT2D eigenvalue weighted by Crippen LogP contribution is -2.41. The molecule has 2 amide bonds. The molecule has 1 aromatic heterocycles. The number of nitrogens with one attached hydrogen (secondary N) is 1. The molecule has 1 aliphatic heterocycles. The number of hydrogen-bond donors (Lipinski definition) is 1. The van der Waals surface area contributed by atoms with Crippen LogP contribution in [0.1, 0.15) is 28.4 Å². The number of para-hydroxylation sites is 1. The molecule has 0 saturated heterocycles. The van der Waals surface area contributed by atoms with Gasteiger partial charge in [0.05, 0.1) is 18.3 Å². The second-order valence-corrected chi connectivity index (χ2v) is 7.66. The number of benzene rings is 3. The number of rotatable bonds is 3. The van der Waals surface area contributed by atoms with E-state index in [9.17, 15) is 9.18 Å². The van der Waals surface area contributed by atoms with Crippen LogP contribution in [0, 0.1) is 5.82 Å². The first-order valence-corrected chi connectivity index (χ1v) is 10.3. The second-order valence-electron chi connectivity index (χ2n) is 7.66. The van der Waals surface area contributed by atoms with Crippen LogP contribution in [0.2, 0.25) is 0 Å². The first kappa shape index (κ1) is 19.1. The smallest absolute Gasteiger partial charge is 0.318 e. The Morgan fingerprint density at radius 3 is 2.45 bits per heavy atom. The zero-order chi connectivity index (χ0) is 21.2. The standard InChI is InChI=1S/C26H22FN3O/c27-22-14-12-19(13-15-22)17-28-26(31)30-18-21-9-4-5-10-23(21)29-16-6-11-24(29)25(30)20-7-2-1-3-8-20/h1-16,25H,17-18H2,(H,28,31)/t25-/m1/s1. The quantitative estimate of drug-likeness (QED) is 0.479. The topological polar surface area (TPSA) is 37.3 Å². The minimum Gasteiger partial charge on any atom is -0.334 e. The molecule has 4 nitrogen and oxygen atoms in total. The average Bonchev–Trinajstić information content (AvgIpc) is 3.23. The number of halogens is 1. The zero-order valence-electron chi connectivity index (χ0n) is 16.9. The molecule has 4 aromatic rings. The highest BCUT2D eigenvalue weighted by atomic mass is 19.1. The Hall–Kier alpha value is -3.86. The maximum absolute atomic E-state index is 13.4. The lowest BCUT2D eigenvalue weighted by atomic mass is 10.0. The van der Waals surface area contributed by atoms with Crippen LogP contribution in [-0.2, 0) is 13.1 Å². The molecule has 0 saturated carbocycles. The fraction of sp³-hybridized carbons (Fsp3) is 0.115. The minimum absolute atomic E-state index is 0.164. The summed E-state index contributed by atoms with van der Waals surface area (Å²) in [6.07, 6.45) is 2.05. The van der Waals surface area contributed by atoms with E-state index in [1.807, 2.05) is 47.5 Å². The molecule has 3 aromatic carbocycles. The molecule has 0 spiro atoms. The van der Waals surface area contributed by atoms with Gasteiger partial charge in [0.1, 0.15) is 5.82 Å². The highest BCUT2D eigenvalue weighted by Gasteiger charge is 2.32. The molecule has 2 heterocycles. The van der Waals surface area contributed by atoms with E-state index in [-0.39, 0.29) is 17.9 Å². The number of urea groups is 1. The first-order valence-electron chi connectivity index (χ1n) is 10.3. The van der Waals surface area contributed by atoms with Crippen molar-refractivity contribution in [1.82, 2.24) is 14.8 Å². The van der Waals surface area contributed by atoms with Crippen LogP contribution in [0.3, 0.4) is 0 Å². The molecule has 0 bridgehead atoms. The summed E-state index contributed by atoms with van der Waals surface area (Å²) in [5.74, 6) is -0.288. The van der Waals surface area contributed by atoms with Crippen LogP contribution in [0.4, 0.5) is 9.18 Å². The van der Waals surface area contributed by atoms with E-state index < -0.39 is 0 Å². The van der Waals surface area contributed by atoms with Gasteiger partial charge < -0.3 is 14.8 Å². The Morgan fingerprint density at radius 2 is 1.65 bits per heavy atom. The highest BCUT2D eigenvalue weighted by Crippen LogP contribution is 2.36. The van der Waals surface area contributed by atoms with Gasteiger partial charge in [-0.3, -0.25) is 0 Å². The minimum atomic E-state index is -0.288. The molecule has 1 atom stereocenters. The van der Waals surface area contributed by atoms with E-state index in [2.05, 4.69) is 40.2 Å². The molecule has 1 aliphatic rings. The molecule has 0 aliphatic carbocycles. The number of amides is 2. The van der Waals surface area contributed by atoms with Gasteiger partial charge in [-0.25, -0.2) is 9.18 Å². The van der Waals surface area contributed by atoms with E-state index >= 15 is 0 Å². The van der Waals surface area contributed by atoms with Crippen molar-refractivity contribution in [3.63, 3.8) is 0 Å². The summed E-state index contributed by atoms with van der Waals surface area (Å²) in [6, 6.07) is 28.1. The number of nitrogens with zero attached hydrogens (tertiary/aromatic N) is 2. The van der Waals surface area contributed by atoms with Crippen LogP contribution in [0.25, 0.3) is 5.69 Å². The van der Waals surface area contributed by atoms with Crippen molar-refractivity contribution in [3.05, 3.63) is 125 Å². The largest absolute Gasteiger partial charge is 0.334 e. The molecule has 5 rings (SSSR count). The van der Waals surface area contributed by atoms with Gasteiger partial charge in [0.25, 0.3) is 0 Å². The Morgan fingerprint density at radius 1 is 0.903 bits per heavy atom. The van der Waals surface area contributed by atoms with E-state index in [1.54, 1.807) is 12.1 Å². The Labute approximate surface area is 180 Å². The van der Waals surface area contributed by atoms with E-state index in [1.165, 1.54) is 12.1 Å². The summed E-state index contributed by atoms with van der Waals surface area (Å²) in [5, 5.41) is 3.02. The van der Waals surface area contributed by atoms with Gasteiger partial charge in [-0.15, -0.1) is 0 Å². The molecule has 154 valence electrons. The molecule has 0 radical (unpaired) electrons. The summed E-state index contributed by atoms with van der Waals surface area (Å²) in [5.41, 5.74) is 5.09. The van der Waals surface area contributed by atoms with Crippen molar-refractivity contribution in [2.75, 3.05) is 0 Å². The van der Waals surface area contributed by atoms with Crippen LogP contribution in [0.5, 0.6) is 0 Å². The van der Waals surface area contributed by atoms with E-state index in [0.717, 1.165) is 28.1 Å². The van der Waals surface area contributed by atoms with Crippen LogP contribution in [0.15, 0.2) is 97.2 Å². The molecule has 5 heteroatoms. The van der Waals surface area contributed by atoms with Gasteiger partial charge in [-0.05, 0) is 47.0 Å². The van der Waals surface area contributed by atoms with Gasteiger partial charge in [0.2, 0.25) is 0 Å². The molecular weight excluding hydrogens is 389 g/mol. The second kappa shape index (κ2) is 8.11. The van der Waals surface area contributed by atoms with Gasteiger partial charge in [0.15, 0.2) is 0 Å². The number of hydrogen-bond acceptors (Lipinski definition) is 1. The van der Waals surface area contributed by atoms with Crippen molar-refractivity contribution in [2.45, 2.75) is 19.1 Å². The summed E-state index contributed by atoms with van der Waals surface area (Å²) in [7, 11) is 0. The highest BCUT2D eigenvalue weighted by molar-refractivity contribution is 5.76. The predicted octanol–water partition coefficient (Wildman–Crippen LogP) is 5.43. The van der Waals surface area contributed by atoms with Crippen molar-refractivity contribution in [1.29, 1.82) is 0 Å². The van der Waals surface area contributed by atoms with E-state index in [0.29, 0.717) is 13.1 Å². The SMILES string of the molecule is O=C(NCc1ccc(F)cc1)N1Cc2ccccc2-n2cccc2[C@H]1c1ccccc1. The van der Waals surface area contributed by atoms with Crippen LogP contribution in [-0.4, -0.2) is 15.5 Å². The monoisotopic (exact) mass is 411 g/mol. The van der Waals surface area contributed by atoms with Crippen molar-refractivity contribution in [3.8, 4) is 5.69 Å². The molecule has 0 unspecified atom stereocenters. The molecular formula is C26H22FN3O. The lowest BCUT2D eigenvalue weighted by molar-refractivity contribution is 0.180. The third-order valence-electron chi connectivity index (χ3n) is 5.70. The van der Waals surface area contributed by atoms with Crippen molar-refractivity contribution >= 4 is 6.03 Å². The summed E-state index contributed by atoms with van der Waals surface area (Å²) < 4.78 is 15.4. The van der Waals surface area contributed by atoms with Crippen LogP contribution < -0.4 is 5.32 Å². The van der Waals surface area contributed by atoms with Crippen molar-refractivity contribution < 1.29 is 9.18 Å². The third kappa shape index (κ3) is 3.70. The third-order valence-corrected chi connectivity index (χ3v) is 5.70. The number of carbonyl (C=O) groups excluding carboxylic acids is 1. The lowest BCUT2D eigenvalue weighted by Gasteiger charge is -2.31. The Balaban J connectivity index is 1.53. The van der Waals surface area contributed by atoms with Gasteiger partial charge >= 0.3 is 6.03 Å². The summed E-state index contributed by atoms with van der Waals surface area (Å²) in [6.45, 7) is 0.812.